The normalized spacial score (nSPS) is 16.1. The van der Waals surface area contributed by atoms with Crippen LogP contribution in [0.5, 0.6) is 0 Å². The summed E-state index contributed by atoms with van der Waals surface area (Å²) in [6.45, 7) is 3.62. The molecule has 1 amide bonds. The predicted molar refractivity (Wildman–Crippen MR) is 112 cm³/mol. The van der Waals surface area contributed by atoms with Crippen LogP contribution in [0, 0.1) is 0 Å². The van der Waals surface area contributed by atoms with Gasteiger partial charge in [-0.3, -0.25) is 9.69 Å². The van der Waals surface area contributed by atoms with Crippen LogP contribution in [0.15, 0.2) is 53.0 Å². The highest BCUT2D eigenvalue weighted by molar-refractivity contribution is 9.10. The lowest BCUT2D eigenvalue weighted by Crippen LogP contribution is -2.44. The highest BCUT2D eigenvalue weighted by atomic mass is 79.9. The maximum absolute atomic E-state index is 12.4. The molecule has 1 aliphatic heterocycles. The Morgan fingerprint density at radius 3 is 2.59 bits per heavy atom. The number of amides is 1. The number of halogens is 2. The molecule has 0 bridgehead atoms. The van der Waals surface area contributed by atoms with Crippen molar-refractivity contribution in [3.63, 3.8) is 0 Å². The summed E-state index contributed by atoms with van der Waals surface area (Å²) < 4.78 is 6.52. The summed E-state index contributed by atoms with van der Waals surface area (Å²) in [5.41, 5.74) is 2.19. The zero-order chi connectivity index (χ0) is 19.1. The number of nitrogens with zero attached hydrogens (tertiary/aromatic N) is 1. The lowest BCUT2D eigenvalue weighted by Gasteiger charge is -2.35. The zero-order valence-electron chi connectivity index (χ0n) is 15.2. The molecule has 1 aliphatic rings. The van der Waals surface area contributed by atoms with E-state index in [0.29, 0.717) is 32.6 Å². The van der Waals surface area contributed by atoms with Crippen molar-refractivity contribution in [2.75, 3.05) is 32.8 Å². The van der Waals surface area contributed by atoms with E-state index in [1.54, 1.807) is 0 Å². The van der Waals surface area contributed by atoms with Gasteiger partial charge >= 0.3 is 0 Å². The molecule has 1 N–H and O–H groups in total. The van der Waals surface area contributed by atoms with Gasteiger partial charge in [0.15, 0.2) is 0 Å². The Balaban J connectivity index is 1.61. The van der Waals surface area contributed by atoms with Crippen molar-refractivity contribution in [2.24, 2.45) is 0 Å². The first kappa shape index (κ1) is 20.3. The second-order valence-electron chi connectivity index (χ2n) is 6.58. The van der Waals surface area contributed by atoms with E-state index < -0.39 is 0 Å². The molecule has 27 heavy (non-hydrogen) atoms. The maximum Gasteiger partial charge on any atom is 0.220 e. The van der Waals surface area contributed by atoms with Crippen LogP contribution < -0.4 is 5.32 Å². The van der Waals surface area contributed by atoms with E-state index in [1.807, 2.05) is 48.5 Å². The van der Waals surface area contributed by atoms with E-state index in [1.165, 1.54) is 0 Å². The van der Waals surface area contributed by atoms with E-state index >= 15 is 0 Å². The number of rotatable bonds is 7. The fourth-order valence-electron chi connectivity index (χ4n) is 3.32. The number of hydrogen-bond donors (Lipinski definition) is 1. The van der Waals surface area contributed by atoms with Crippen molar-refractivity contribution in [1.82, 2.24) is 10.2 Å². The standard InChI is InChI=1S/C21H24BrClN2O2/c22-18-7-3-1-5-16(18)9-10-21(26)24-15-20(25-11-13-27-14-12-25)17-6-2-4-8-19(17)23/h1-8,20H,9-15H2,(H,24,26). The van der Waals surface area contributed by atoms with Gasteiger partial charge in [0.2, 0.25) is 5.91 Å². The van der Waals surface area contributed by atoms with Crippen LogP contribution in [0.1, 0.15) is 23.6 Å². The highest BCUT2D eigenvalue weighted by Gasteiger charge is 2.24. The fourth-order valence-corrected chi connectivity index (χ4v) is 4.06. The Labute approximate surface area is 174 Å². The number of aryl methyl sites for hydroxylation is 1. The Kier molecular flexibility index (Phi) is 7.70. The average molecular weight is 452 g/mol. The summed E-state index contributed by atoms with van der Waals surface area (Å²) in [5.74, 6) is 0.0519. The lowest BCUT2D eigenvalue weighted by molar-refractivity contribution is -0.121. The van der Waals surface area contributed by atoms with Gasteiger partial charge in [-0.05, 0) is 29.7 Å². The van der Waals surface area contributed by atoms with Crippen LogP contribution in [0.2, 0.25) is 5.02 Å². The van der Waals surface area contributed by atoms with E-state index in [0.717, 1.165) is 33.7 Å². The first-order chi connectivity index (χ1) is 13.1. The van der Waals surface area contributed by atoms with Crippen molar-refractivity contribution in [2.45, 2.75) is 18.9 Å². The molecule has 144 valence electrons. The first-order valence-electron chi connectivity index (χ1n) is 9.21. The van der Waals surface area contributed by atoms with Crippen LogP contribution in [-0.2, 0) is 16.0 Å². The molecule has 1 fully saturated rings. The zero-order valence-corrected chi connectivity index (χ0v) is 17.5. The van der Waals surface area contributed by atoms with Crippen molar-refractivity contribution in [1.29, 1.82) is 0 Å². The minimum atomic E-state index is 0.0509. The molecule has 0 spiro atoms. The quantitative estimate of drug-likeness (QED) is 0.685. The second kappa shape index (κ2) is 10.2. The molecule has 2 aromatic carbocycles. The number of morpholine rings is 1. The van der Waals surface area contributed by atoms with Crippen LogP contribution in [0.4, 0.5) is 0 Å². The Morgan fingerprint density at radius 2 is 1.85 bits per heavy atom. The van der Waals surface area contributed by atoms with Gasteiger partial charge in [0.25, 0.3) is 0 Å². The Hall–Kier alpha value is -1.40. The fraction of sp³-hybridized carbons (Fsp3) is 0.381. The number of ether oxygens (including phenoxy) is 1. The minimum Gasteiger partial charge on any atom is -0.379 e. The van der Waals surface area contributed by atoms with Crippen molar-refractivity contribution < 1.29 is 9.53 Å². The Morgan fingerprint density at radius 1 is 1.15 bits per heavy atom. The second-order valence-corrected chi connectivity index (χ2v) is 7.84. The molecular formula is C21H24BrClN2O2. The molecular weight excluding hydrogens is 428 g/mol. The third-order valence-corrected chi connectivity index (χ3v) is 5.94. The SMILES string of the molecule is O=C(CCc1ccccc1Br)NCC(c1ccccc1Cl)N1CCOCC1. The molecule has 0 radical (unpaired) electrons. The van der Waals surface area contributed by atoms with Crippen molar-refractivity contribution in [3.8, 4) is 0 Å². The van der Waals surface area contributed by atoms with Gasteiger partial charge in [0.1, 0.15) is 0 Å². The number of benzene rings is 2. The number of carbonyl (C=O) groups excluding carboxylic acids is 1. The molecule has 0 saturated carbocycles. The summed E-state index contributed by atoms with van der Waals surface area (Å²) in [4.78, 5) is 14.8. The highest BCUT2D eigenvalue weighted by Crippen LogP contribution is 2.27. The van der Waals surface area contributed by atoms with Crippen molar-refractivity contribution >= 4 is 33.4 Å². The Bertz CT molecular complexity index is 765. The number of nitrogens with one attached hydrogen (secondary N) is 1. The van der Waals surface area contributed by atoms with E-state index in [-0.39, 0.29) is 11.9 Å². The van der Waals surface area contributed by atoms with Gasteiger partial charge in [-0.1, -0.05) is 63.9 Å². The van der Waals surface area contributed by atoms with Crippen LogP contribution in [-0.4, -0.2) is 43.7 Å². The summed E-state index contributed by atoms with van der Waals surface area (Å²) >= 11 is 9.97. The van der Waals surface area contributed by atoms with Crippen molar-refractivity contribution in [3.05, 3.63) is 69.2 Å². The largest absolute Gasteiger partial charge is 0.379 e. The lowest BCUT2D eigenvalue weighted by atomic mass is 10.0. The van der Waals surface area contributed by atoms with E-state index in [4.69, 9.17) is 16.3 Å². The third-order valence-electron chi connectivity index (χ3n) is 4.82. The molecule has 3 rings (SSSR count). The molecule has 2 aromatic rings. The number of carbonyl (C=O) groups is 1. The van der Waals surface area contributed by atoms with Crippen LogP contribution in [0.3, 0.4) is 0 Å². The molecule has 1 atom stereocenters. The predicted octanol–water partition coefficient (Wildman–Crippen LogP) is 4.22. The third kappa shape index (κ3) is 5.79. The first-order valence-corrected chi connectivity index (χ1v) is 10.4. The topological polar surface area (TPSA) is 41.6 Å². The molecule has 1 saturated heterocycles. The summed E-state index contributed by atoms with van der Waals surface area (Å²) in [6.07, 6.45) is 1.17. The van der Waals surface area contributed by atoms with Gasteiger partial charge < -0.3 is 10.1 Å². The van der Waals surface area contributed by atoms with Gasteiger partial charge in [0, 0.05) is 35.6 Å². The van der Waals surface area contributed by atoms with Gasteiger partial charge in [0.05, 0.1) is 19.3 Å². The summed E-state index contributed by atoms with van der Waals surface area (Å²) in [5, 5.41) is 3.83. The van der Waals surface area contributed by atoms with E-state index in [9.17, 15) is 4.79 Å². The summed E-state index contributed by atoms with van der Waals surface area (Å²) in [7, 11) is 0. The van der Waals surface area contributed by atoms with E-state index in [2.05, 4.69) is 26.1 Å². The molecule has 1 unspecified atom stereocenters. The molecule has 0 aromatic heterocycles. The van der Waals surface area contributed by atoms with Gasteiger partial charge in [-0.15, -0.1) is 0 Å². The van der Waals surface area contributed by atoms with Crippen LogP contribution >= 0.6 is 27.5 Å². The maximum atomic E-state index is 12.4. The minimum absolute atomic E-state index is 0.0509. The smallest absolute Gasteiger partial charge is 0.220 e. The molecule has 0 aliphatic carbocycles. The van der Waals surface area contributed by atoms with Gasteiger partial charge in [-0.25, -0.2) is 0 Å². The van der Waals surface area contributed by atoms with Crippen LogP contribution in [0.25, 0.3) is 0 Å². The molecule has 4 nitrogen and oxygen atoms in total. The van der Waals surface area contributed by atoms with Gasteiger partial charge in [-0.2, -0.15) is 0 Å². The molecule has 1 heterocycles. The monoisotopic (exact) mass is 450 g/mol. The molecule has 6 heteroatoms. The average Bonchev–Trinajstić information content (AvgIpc) is 2.69. The number of hydrogen-bond acceptors (Lipinski definition) is 3. The summed E-state index contributed by atoms with van der Waals surface area (Å²) in [6, 6.07) is 15.9.